The van der Waals surface area contributed by atoms with Gasteiger partial charge in [0.15, 0.2) is 0 Å². The van der Waals surface area contributed by atoms with Crippen molar-refractivity contribution < 1.29 is 13.2 Å². The number of halogens is 4. The van der Waals surface area contributed by atoms with Crippen molar-refractivity contribution in [3.05, 3.63) is 59.6 Å². The van der Waals surface area contributed by atoms with E-state index in [1.54, 1.807) is 30.3 Å². The molecule has 0 atom stereocenters. The zero-order chi connectivity index (χ0) is 14.6. The van der Waals surface area contributed by atoms with Gasteiger partial charge in [0.2, 0.25) is 0 Å². The first kappa shape index (κ1) is 15.4. The SMILES string of the molecule is FC(F)(F)C(=Nc1ccc(Cl)cc1)[Te]c1ccccc1. The van der Waals surface area contributed by atoms with Gasteiger partial charge in [-0.15, -0.1) is 0 Å². The number of hydrogen-bond donors (Lipinski definition) is 0. The Kier molecular flexibility index (Phi) is 5.09. The Labute approximate surface area is 129 Å². The first-order chi connectivity index (χ1) is 9.45. The third-order valence-electron chi connectivity index (χ3n) is 2.26. The first-order valence-corrected chi connectivity index (χ1v) is 8.30. The molecule has 104 valence electrons. The Morgan fingerprint density at radius 2 is 1.55 bits per heavy atom. The van der Waals surface area contributed by atoms with Crippen LogP contribution in [0, 0.1) is 0 Å². The van der Waals surface area contributed by atoms with Crippen molar-refractivity contribution in [2.24, 2.45) is 4.99 Å². The van der Waals surface area contributed by atoms with E-state index >= 15 is 0 Å². The Morgan fingerprint density at radius 1 is 0.950 bits per heavy atom. The molecule has 0 aliphatic heterocycles. The molecule has 20 heavy (non-hydrogen) atoms. The van der Waals surface area contributed by atoms with Gasteiger partial charge < -0.3 is 0 Å². The average molecular weight is 411 g/mol. The number of benzene rings is 2. The van der Waals surface area contributed by atoms with Gasteiger partial charge in [-0.3, -0.25) is 0 Å². The summed E-state index contributed by atoms with van der Waals surface area (Å²) < 4.78 is 39.1. The molecule has 0 aliphatic carbocycles. The molecule has 0 saturated heterocycles. The van der Waals surface area contributed by atoms with E-state index in [0.717, 1.165) is 0 Å². The molecule has 0 radical (unpaired) electrons. The number of rotatable bonds is 3. The molecule has 1 nitrogen and oxygen atoms in total. The minimum atomic E-state index is -4.41. The van der Waals surface area contributed by atoms with Crippen LogP contribution in [0.1, 0.15) is 0 Å². The van der Waals surface area contributed by atoms with Gasteiger partial charge in [-0.2, -0.15) is 0 Å². The molecule has 0 fully saturated rings. The Balaban J connectivity index is 2.31. The fraction of sp³-hybridized carbons (Fsp3) is 0.0714. The average Bonchev–Trinajstić information content (AvgIpc) is 2.40. The van der Waals surface area contributed by atoms with Gasteiger partial charge >= 0.3 is 130 Å². The van der Waals surface area contributed by atoms with Gasteiger partial charge in [-0.25, -0.2) is 0 Å². The standard InChI is InChI=1S/C14H9ClF3NTe/c15-10-6-8-11(9-7-10)19-13(14(16,17)18)20-12-4-2-1-3-5-12/h1-9H. The molecule has 0 bridgehead atoms. The summed E-state index contributed by atoms with van der Waals surface area (Å²) in [6, 6.07) is 14.6. The normalized spacial score (nSPS) is 12.5. The summed E-state index contributed by atoms with van der Waals surface area (Å²) in [6.07, 6.45) is -4.41. The molecule has 2 rings (SSSR count). The molecule has 0 aliphatic rings. The van der Waals surface area contributed by atoms with E-state index in [2.05, 4.69) is 4.99 Å². The quantitative estimate of drug-likeness (QED) is 0.536. The monoisotopic (exact) mass is 413 g/mol. The summed E-state index contributed by atoms with van der Waals surface area (Å²) in [5.41, 5.74) is 0.266. The molecule has 0 heterocycles. The van der Waals surface area contributed by atoms with Crippen LogP contribution < -0.4 is 3.61 Å². The van der Waals surface area contributed by atoms with E-state index < -0.39 is 30.9 Å². The maximum absolute atomic E-state index is 13.0. The minimum absolute atomic E-state index is 0.266. The van der Waals surface area contributed by atoms with Crippen molar-refractivity contribution in [1.29, 1.82) is 0 Å². The van der Waals surface area contributed by atoms with Crippen molar-refractivity contribution in [3.8, 4) is 0 Å². The zero-order valence-electron chi connectivity index (χ0n) is 10.1. The van der Waals surface area contributed by atoms with Crippen molar-refractivity contribution >= 4 is 45.6 Å². The Hall–Kier alpha value is -1.02. The molecular formula is C14H9ClF3NTe. The van der Waals surface area contributed by atoms with Crippen LogP contribution in [0.5, 0.6) is 0 Å². The second-order valence-corrected chi connectivity index (χ2v) is 7.27. The van der Waals surface area contributed by atoms with Crippen molar-refractivity contribution in [2.75, 3.05) is 0 Å². The van der Waals surface area contributed by atoms with Gasteiger partial charge in [0, 0.05) is 0 Å². The van der Waals surface area contributed by atoms with Crippen molar-refractivity contribution in [3.63, 3.8) is 0 Å². The fourth-order valence-electron chi connectivity index (χ4n) is 1.38. The third kappa shape index (κ3) is 4.52. The van der Waals surface area contributed by atoms with Crippen LogP contribution in [0.15, 0.2) is 59.6 Å². The van der Waals surface area contributed by atoms with E-state index in [4.69, 9.17) is 11.6 Å². The molecule has 6 heteroatoms. The summed E-state index contributed by atoms with van der Waals surface area (Å²) in [4.78, 5) is 3.76. The third-order valence-corrected chi connectivity index (χ3v) is 5.43. The van der Waals surface area contributed by atoms with Gasteiger partial charge in [0.05, 0.1) is 0 Å². The second-order valence-electron chi connectivity index (χ2n) is 3.81. The molecule has 0 amide bonds. The van der Waals surface area contributed by atoms with Crippen LogP contribution in [0.4, 0.5) is 18.9 Å². The molecule has 0 aromatic heterocycles. The van der Waals surface area contributed by atoms with E-state index in [0.29, 0.717) is 8.63 Å². The van der Waals surface area contributed by atoms with Gasteiger partial charge in [0.25, 0.3) is 0 Å². The summed E-state index contributed by atoms with van der Waals surface area (Å²) in [5, 5.41) is 0.469. The van der Waals surface area contributed by atoms with Crippen LogP contribution in [-0.2, 0) is 0 Å². The van der Waals surface area contributed by atoms with Gasteiger partial charge in [0.1, 0.15) is 0 Å². The van der Waals surface area contributed by atoms with Crippen LogP contribution >= 0.6 is 11.6 Å². The Morgan fingerprint density at radius 3 is 2.10 bits per heavy atom. The Bertz CT molecular complexity index is 594. The van der Waals surface area contributed by atoms with E-state index in [1.165, 1.54) is 24.3 Å². The predicted molar refractivity (Wildman–Crippen MR) is 76.4 cm³/mol. The number of alkyl halides is 3. The first-order valence-electron chi connectivity index (χ1n) is 5.59. The summed E-state index contributed by atoms with van der Waals surface area (Å²) in [7, 11) is 0. The molecular weight excluding hydrogens is 402 g/mol. The van der Waals surface area contributed by atoms with E-state index in [-0.39, 0.29) is 5.69 Å². The number of hydrogen-bond acceptors (Lipinski definition) is 1. The predicted octanol–water partition coefficient (Wildman–Crippen LogP) is 3.96. The zero-order valence-corrected chi connectivity index (χ0v) is 13.1. The summed E-state index contributed by atoms with van der Waals surface area (Å²) in [6.45, 7) is 0. The van der Waals surface area contributed by atoms with Gasteiger partial charge in [-0.05, 0) is 0 Å². The van der Waals surface area contributed by atoms with Crippen LogP contribution in [0.2, 0.25) is 5.02 Å². The van der Waals surface area contributed by atoms with E-state index in [9.17, 15) is 13.2 Å². The van der Waals surface area contributed by atoms with E-state index in [1.807, 2.05) is 0 Å². The number of aliphatic imine (C=N–C) groups is 1. The maximum atomic E-state index is 13.0. The van der Waals surface area contributed by atoms with Crippen LogP contribution in [0.25, 0.3) is 0 Å². The number of nitrogens with zero attached hydrogens (tertiary/aromatic N) is 1. The summed E-state index contributed by atoms with van der Waals surface area (Å²) >= 11 is 4.13. The molecule has 0 unspecified atom stereocenters. The fourth-order valence-corrected chi connectivity index (χ4v) is 3.74. The van der Waals surface area contributed by atoms with Crippen molar-refractivity contribution in [1.82, 2.24) is 0 Å². The van der Waals surface area contributed by atoms with Gasteiger partial charge in [-0.1, -0.05) is 0 Å². The topological polar surface area (TPSA) is 12.4 Å². The molecule has 0 N–H and O–H groups in total. The molecule has 0 spiro atoms. The molecule has 2 aromatic carbocycles. The second kappa shape index (κ2) is 6.62. The van der Waals surface area contributed by atoms with Crippen molar-refractivity contribution in [2.45, 2.75) is 6.18 Å². The van der Waals surface area contributed by atoms with Crippen LogP contribution in [-0.4, -0.2) is 30.9 Å². The molecule has 0 saturated carbocycles. The molecule has 2 aromatic rings. The summed E-state index contributed by atoms with van der Waals surface area (Å²) in [5.74, 6) is 0. The van der Waals surface area contributed by atoms with Crippen LogP contribution in [0.3, 0.4) is 0 Å².